The average Bonchev–Trinajstić information content (AvgIpc) is 2.98. The number of carbonyl (C=O) groups excluding carboxylic acids is 1. The molecule has 4 nitrogen and oxygen atoms in total. The third kappa shape index (κ3) is 4.19. The summed E-state index contributed by atoms with van der Waals surface area (Å²) in [6.45, 7) is 0.880. The van der Waals surface area contributed by atoms with Crippen LogP contribution < -0.4 is 11.1 Å². The van der Waals surface area contributed by atoms with Crippen molar-refractivity contribution in [2.45, 2.75) is 6.42 Å². The summed E-state index contributed by atoms with van der Waals surface area (Å²) >= 11 is 1.56. The smallest absolute Gasteiger partial charge is 0.251 e. The molecule has 1 aromatic carbocycles. The molecule has 0 aliphatic carbocycles. The van der Waals surface area contributed by atoms with Crippen molar-refractivity contribution >= 4 is 17.2 Å². The molecule has 0 saturated heterocycles. The van der Waals surface area contributed by atoms with Gasteiger partial charge in [0.05, 0.1) is 17.7 Å². The van der Waals surface area contributed by atoms with Crippen LogP contribution in [0.3, 0.4) is 0 Å². The number of rotatable bonds is 4. The summed E-state index contributed by atoms with van der Waals surface area (Å²) in [7, 11) is 0. The van der Waals surface area contributed by atoms with Gasteiger partial charge < -0.3 is 11.1 Å². The average molecular weight is 285 g/mol. The second-order valence-electron chi connectivity index (χ2n) is 4.07. The monoisotopic (exact) mass is 285 g/mol. The van der Waals surface area contributed by atoms with Crippen LogP contribution >= 0.6 is 11.3 Å². The van der Waals surface area contributed by atoms with Gasteiger partial charge in [0, 0.05) is 29.5 Å². The van der Waals surface area contributed by atoms with E-state index in [4.69, 9.17) is 5.73 Å². The first-order valence-corrected chi connectivity index (χ1v) is 7.18. The molecule has 5 heteroatoms. The van der Waals surface area contributed by atoms with Gasteiger partial charge in [0.15, 0.2) is 0 Å². The lowest BCUT2D eigenvalue weighted by atomic mass is 10.1. The largest absolute Gasteiger partial charge is 0.352 e. The lowest BCUT2D eigenvalue weighted by molar-refractivity contribution is 0.0954. The minimum Gasteiger partial charge on any atom is -0.352 e. The maximum Gasteiger partial charge on any atom is 0.251 e. The summed E-state index contributed by atoms with van der Waals surface area (Å²) < 4.78 is 0. The van der Waals surface area contributed by atoms with Crippen molar-refractivity contribution < 1.29 is 4.79 Å². The summed E-state index contributed by atoms with van der Waals surface area (Å²) in [5.74, 6) is 5.59. The molecule has 2 aromatic rings. The highest BCUT2D eigenvalue weighted by Gasteiger charge is 2.05. The minimum atomic E-state index is -0.100. The highest BCUT2D eigenvalue weighted by atomic mass is 32.1. The predicted molar refractivity (Wildman–Crippen MR) is 80.5 cm³/mol. The summed E-state index contributed by atoms with van der Waals surface area (Å²) in [5, 5.41) is 4.85. The summed E-state index contributed by atoms with van der Waals surface area (Å²) in [4.78, 5) is 16.2. The van der Waals surface area contributed by atoms with E-state index in [2.05, 4.69) is 22.1 Å². The van der Waals surface area contributed by atoms with Crippen LogP contribution in [0.5, 0.6) is 0 Å². The number of nitrogens with two attached hydrogens (primary N) is 1. The Morgan fingerprint density at radius 1 is 1.45 bits per heavy atom. The first-order valence-electron chi connectivity index (χ1n) is 6.24. The van der Waals surface area contributed by atoms with E-state index in [0.29, 0.717) is 18.7 Å². The topological polar surface area (TPSA) is 68.0 Å². The van der Waals surface area contributed by atoms with E-state index in [0.717, 1.165) is 17.7 Å². The molecule has 2 rings (SSSR count). The zero-order chi connectivity index (χ0) is 14.2. The predicted octanol–water partition coefficient (Wildman–Crippen LogP) is 1.43. The second kappa shape index (κ2) is 7.43. The molecule has 0 atom stereocenters. The van der Waals surface area contributed by atoms with E-state index in [9.17, 15) is 4.79 Å². The SMILES string of the molecule is NCC#Cc1cccc(C(=O)NCCc2cscn2)c1. The molecule has 0 saturated carbocycles. The van der Waals surface area contributed by atoms with Gasteiger partial charge in [-0.15, -0.1) is 11.3 Å². The van der Waals surface area contributed by atoms with E-state index in [1.807, 2.05) is 17.5 Å². The summed E-state index contributed by atoms with van der Waals surface area (Å²) in [5.41, 5.74) is 9.51. The number of carbonyl (C=O) groups is 1. The van der Waals surface area contributed by atoms with E-state index >= 15 is 0 Å². The van der Waals surface area contributed by atoms with Crippen LogP contribution in [0.25, 0.3) is 0 Å². The quantitative estimate of drug-likeness (QED) is 0.835. The molecule has 1 heterocycles. The standard InChI is InChI=1S/C15H15N3OS/c16-7-2-4-12-3-1-5-13(9-12)15(19)17-8-6-14-10-20-11-18-14/h1,3,5,9-11H,6-8,16H2,(H,17,19). The molecule has 0 unspecified atom stereocenters. The number of hydrogen-bond donors (Lipinski definition) is 2. The first kappa shape index (κ1) is 14.3. The Labute approximate surface area is 122 Å². The van der Waals surface area contributed by atoms with Crippen LogP contribution in [0, 0.1) is 11.8 Å². The molecule has 20 heavy (non-hydrogen) atoms. The minimum absolute atomic E-state index is 0.100. The second-order valence-corrected chi connectivity index (χ2v) is 4.79. The van der Waals surface area contributed by atoms with Crippen molar-refractivity contribution in [2.75, 3.05) is 13.1 Å². The van der Waals surface area contributed by atoms with E-state index in [1.54, 1.807) is 29.0 Å². The van der Waals surface area contributed by atoms with E-state index in [1.165, 1.54) is 0 Å². The lowest BCUT2D eigenvalue weighted by Crippen LogP contribution is -2.25. The number of thiazole rings is 1. The number of aromatic nitrogens is 1. The summed E-state index contributed by atoms with van der Waals surface area (Å²) in [6.07, 6.45) is 0.738. The first-order chi connectivity index (χ1) is 9.79. The molecule has 0 spiro atoms. The number of nitrogens with one attached hydrogen (secondary N) is 1. The highest BCUT2D eigenvalue weighted by Crippen LogP contribution is 2.05. The third-order valence-electron chi connectivity index (χ3n) is 2.61. The third-order valence-corrected chi connectivity index (χ3v) is 3.24. The van der Waals surface area contributed by atoms with Gasteiger partial charge in [-0.1, -0.05) is 17.9 Å². The Bertz CT molecular complexity index is 626. The summed E-state index contributed by atoms with van der Waals surface area (Å²) in [6, 6.07) is 7.21. The lowest BCUT2D eigenvalue weighted by Gasteiger charge is -2.04. The van der Waals surface area contributed by atoms with Crippen LogP contribution in [0.1, 0.15) is 21.6 Å². The molecule has 0 aliphatic rings. The van der Waals surface area contributed by atoms with Gasteiger partial charge in [-0.2, -0.15) is 0 Å². The molecule has 1 aromatic heterocycles. The number of nitrogens with zero attached hydrogens (tertiary/aromatic N) is 1. The van der Waals surface area contributed by atoms with Crippen LogP contribution in [0.15, 0.2) is 35.2 Å². The molecule has 0 aliphatic heterocycles. The van der Waals surface area contributed by atoms with E-state index in [-0.39, 0.29) is 5.91 Å². The zero-order valence-corrected chi connectivity index (χ0v) is 11.7. The van der Waals surface area contributed by atoms with Crippen molar-refractivity contribution in [1.82, 2.24) is 10.3 Å². The molecule has 0 fully saturated rings. The normalized spacial score (nSPS) is 9.65. The van der Waals surface area contributed by atoms with Crippen LogP contribution in [0.4, 0.5) is 0 Å². The molecular formula is C15H15N3OS. The molecule has 0 bridgehead atoms. The Hall–Kier alpha value is -2.16. The van der Waals surface area contributed by atoms with Crippen LogP contribution in [-0.4, -0.2) is 24.0 Å². The Morgan fingerprint density at radius 3 is 3.10 bits per heavy atom. The van der Waals surface area contributed by atoms with Crippen molar-refractivity contribution in [1.29, 1.82) is 0 Å². The van der Waals surface area contributed by atoms with Gasteiger partial charge in [-0.3, -0.25) is 4.79 Å². The molecular weight excluding hydrogens is 270 g/mol. The van der Waals surface area contributed by atoms with Crippen LogP contribution in [-0.2, 0) is 6.42 Å². The van der Waals surface area contributed by atoms with Gasteiger partial charge in [-0.05, 0) is 18.2 Å². The Balaban J connectivity index is 1.91. The van der Waals surface area contributed by atoms with Crippen molar-refractivity contribution in [3.05, 3.63) is 52.0 Å². The van der Waals surface area contributed by atoms with Gasteiger partial charge in [0.2, 0.25) is 0 Å². The molecule has 1 amide bonds. The van der Waals surface area contributed by atoms with Gasteiger partial charge in [-0.25, -0.2) is 4.98 Å². The maximum atomic E-state index is 12.0. The van der Waals surface area contributed by atoms with E-state index < -0.39 is 0 Å². The van der Waals surface area contributed by atoms with Crippen molar-refractivity contribution in [3.8, 4) is 11.8 Å². The zero-order valence-electron chi connectivity index (χ0n) is 10.9. The number of amides is 1. The fourth-order valence-electron chi connectivity index (χ4n) is 1.66. The van der Waals surface area contributed by atoms with Crippen molar-refractivity contribution in [2.24, 2.45) is 5.73 Å². The van der Waals surface area contributed by atoms with Crippen molar-refractivity contribution in [3.63, 3.8) is 0 Å². The van der Waals surface area contributed by atoms with Gasteiger partial charge in [0.25, 0.3) is 5.91 Å². The molecule has 102 valence electrons. The molecule has 0 radical (unpaired) electrons. The number of hydrogen-bond acceptors (Lipinski definition) is 4. The molecule has 3 N–H and O–H groups in total. The highest BCUT2D eigenvalue weighted by molar-refractivity contribution is 7.07. The fraction of sp³-hybridized carbons (Fsp3) is 0.200. The Morgan fingerprint density at radius 2 is 2.35 bits per heavy atom. The Kier molecular flexibility index (Phi) is 5.30. The van der Waals surface area contributed by atoms with Gasteiger partial charge in [0.1, 0.15) is 0 Å². The fourth-order valence-corrected chi connectivity index (χ4v) is 2.25. The van der Waals surface area contributed by atoms with Gasteiger partial charge >= 0.3 is 0 Å². The van der Waals surface area contributed by atoms with Crippen LogP contribution in [0.2, 0.25) is 0 Å². The number of benzene rings is 1. The maximum absolute atomic E-state index is 12.0.